The Labute approximate surface area is 112 Å². The van der Waals surface area contributed by atoms with Gasteiger partial charge in [0, 0.05) is 23.5 Å². The zero-order chi connectivity index (χ0) is 13.2. The Morgan fingerprint density at radius 1 is 1.37 bits per heavy atom. The molecule has 1 aliphatic heterocycles. The van der Waals surface area contributed by atoms with E-state index in [1.165, 1.54) is 17.4 Å². The Balaban J connectivity index is 1.75. The lowest BCUT2D eigenvalue weighted by Gasteiger charge is -2.22. The molecule has 1 saturated heterocycles. The Morgan fingerprint density at radius 2 is 2.16 bits per heavy atom. The SMILES string of the molecule is Cc1cc2nc(CCC3CCNCC3)cc(=O)n2[nH]1. The minimum absolute atomic E-state index is 0.0154. The monoisotopic (exact) mass is 260 g/mol. The molecule has 0 amide bonds. The summed E-state index contributed by atoms with van der Waals surface area (Å²) < 4.78 is 1.50. The second kappa shape index (κ2) is 5.17. The summed E-state index contributed by atoms with van der Waals surface area (Å²) in [5, 5.41) is 6.37. The molecule has 0 bridgehead atoms. The minimum atomic E-state index is -0.0154. The maximum atomic E-state index is 11.9. The zero-order valence-electron chi connectivity index (χ0n) is 11.3. The second-order valence-electron chi connectivity index (χ2n) is 5.45. The van der Waals surface area contributed by atoms with Crippen molar-refractivity contribution >= 4 is 5.65 Å². The number of nitrogens with one attached hydrogen (secondary N) is 2. The number of nitrogens with zero attached hydrogens (tertiary/aromatic N) is 2. The third kappa shape index (κ3) is 2.71. The summed E-state index contributed by atoms with van der Waals surface area (Å²) >= 11 is 0. The average Bonchev–Trinajstić information content (AvgIpc) is 2.79. The summed E-state index contributed by atoms with van der Waals surface area (Å²) in [5.41, 5.74) is 2.59. The predicted octanol–water partition coefficient (Wildman–Crippen LogP) is 1.26. The zero-order valence-corrected chi connectivity index (χ0v) is 11.3. The van der Waals surface area contributed by atoms with E-state index in [0.29, 0.717) is 0 Å². The van der Waals surface area contributed by atoms with E-state index in [-0.39, 0.29) is 5.56 Å². The maximum Gasteiger partial charge on any atom is 0.272 e. The lowest BCUT2D eigenvalue weighted by Crippen LogP contribution is -2.28. The number of aromatic nitrogens is 3. The molecule has 0 radical (unpaired) electrons. The summed E-state index contributed by atoms with van der Waals surface area (Å²) in [6, 6.07) is 3.57. The first-order chi connectivity index (χ1) is 9.22. The number of hydrogen-bond donors (Lipinski definition) is 2. The van der Waals surface area contributed by atoms with Crippen LogP contribution in [0.15, 0.2) is 16.9 Å². The van der Waals surface area contributed by atoms with Crippen molar-refractivity contribution < 1.29 is 0 Å². The molecule has 5 nitrogen and oxygen atoms in total. The molecule has 0 aliphatic carbocycles. The van der Waals surface area contributed by atoms with Gasteiger partial charge >= 0.3 is 0 Å². The molecule has 102 valence electrons. The van der Waals surface area contributed by atoms with E-state index in [2.05, 4.69) is 15.4 Å². The standard InChI is InChI=1S/C14H20N4O/c1-10-8-13-16-12(9-14(19)18(13)17-10)3-2-11-4-6-15-7-5-11/h8-9,11,15,17H,2-7H2,1H3. The number of hydrogen-bond acceptors (Lipinski definition) is 3. The van der Waals surface area contributed by atoms with E-state index in [1.54, 1.807) is 6.07 Å². The molecular formula is C14H20N4O. The van der Waals surface area contributed by atoms with Crippen molar-refractivity contribution in [2.75, 3.05) is 13.1 Å². The number of aromatic amines is 1. The van der Waals surface area contributed by atoms with Crippen LogP contribution in [0.5, 0.6) is 0 Å². The van der Waals surface area contributed by atoms with Crippen LogP contribution in [-0.2, 0) is 6.42 Å². The van der Waals surface area contributed by atoms with Crippen molar-refractivity contribution in [1.82, 2.24) is 19.9 Å². The van der Waals surface area contributed by atoms with Crippen molar-refractivity contribution in [1.29, 1.82) is 0 Å². The van der Waals surface area contributed by atoms with Crippen molar-refractivity contribution in [2.24, 2.45) is 5.92 Å². The average molecular weight is 260 g/mol. The van der Waals surface area contributed by atoms with Gasteiger partial charge in [-0.05, 0) is 51.6 Å². The molecule has 3 heterocycles. The Bertz CT molecular complexity index is 622. The van der Waals surface area contributed by atoms with Crippen LogP contribution in [0.2, 0.25) is 0 Å². The van der Waals surface area contributed by atoms with Crippen LogP contribution in [0, 0.1) is 12.8 Å². The fourth-order valence-corrected chi connectivity index (χ4v) is 2.81. The summed E-state index contributed by atoms with van der Waals surface area (Å²) in [7, 11) is 0. The van der Waals surface area contributed by atoms with Crippen molar-refractivity contribution in [3.8, 4) is 0 Å². The Kier molecular flexibility index (Phi) is 3.38. The van der Waals surface area contributed by atoms with E-state index >= 15 is 0 Å². The molecule has 0 saturated carbocycles. The highest BCUT2D eigenvalue weighted by Crippen LogP contribution is 2.17. The molecular weight excluding hydrogens is 240 g/mol. The van der Waals surface area contributed by atoms with Crippen molar-refractivity contribution in [2.45, 2.75) is 32.6 Å². The van der Waals surface area contributed by atoms with Crippen molar-refractivity contribution in [3.63, 3.8) is 0 Å². The van der Waals surface area contributed by atoms with E-state index < -0.39 is 0 Å². The second-order valence-corrected chi connectivity index (χ2v) is 5.45. The van der Waals surface area contributed by atoms with Gasteiger partial charge in [-0.2, -0.15) is 0 Å². The first-order valence-corrected chi connectivity index (χ1v) is 7.01. The van der Waals surface area contributed by atoms with Gasteiger partial charge in [0.1, 0.15) is 0 Å². The van der Waals surface area contributed by atoms with Crippen LogP contribution in [0.4, 0.5) is 0 Å². The van der Waals surface area contributed by atoms with Gasteiger partial charge < -0.3 is 5.32 Å². The summed E-state index contributed by atoms with van der Waals surface area (Å²) in [6.07, 6.45) is 4.52. The molecule has 19 heavy (non-hydrogen) atoms. The quantitative estimate of drug-likeness (QED) is 0.873. The van der Waals surface area contributed by atoms with Gasteiger partial charge in [0.05, 0.1) is 0 Å². The molecule has 0 aromatic carbocycles. The topological polar surface area (TPSA) is 62.2 Å². The van der Waals surface area contributed by atoms with Crippen molar-refractivity contribution in [3.05, 3.63) is 33.9 Å². The van der Waals surface area contributed by atoms with Gasteiger partial charge in [-0.25, -0.2) is 9.50 Å². The molecule has 0 unspecified atom stereocenters. The lowest BCUT2D eigenvalue weighted by atomic mass is 9.92. The summed E-state index contributed by atoms with van der Waals surface area (Å²) in [4.78, 5) is 16.5. The van der Waals surface area contributed by atoms with Gasteiger partial charge in [-0.3, -0.25) is 9.89 Å². The van der Waals surface area contributed by atoms with Gasteiger partial charge in [-0.1, -0.05) is 0 Å². The van der Waals surface area contributed by atoms with Gasteiger partial charge in [0.15, 0.2) is 5.65 Å². The fourth-order valence-electron chi connectivity index (χ4n) is 2.81. The van der Waals surface area contributed by atoms with Crippen LogP contribution in [-0.4, -0.2) is 27.7 Å². The highest BCUT2D eigenvalue weighted by atomic mass is 16.1. The molecule has 2 N–H and O–H groups in total. The first kappa shape index (κ1) is 12.4. The number of fused-ring (bicyclic) bond motifs is 1. The fraction of sp³-hybridized carbons (Fsp3) is 0.571. The van der Waals surface area contributed by atoms with E-state index in [9.17, 15) is 4.79 Å². The predicted molar refractivity (Wildman–Crippen MR) is 74.5 cm³/mol. The molecule has 0 atom stereocenters. The first-order valence-electron chi connectivity index (χ1n) is 7.01. The third-order valence-electron chi connectivity index (χ3n) is 3.90. The highest BCUT2D eigenvalue weighted by molar-refractivity contribution is 5.39. The van der Waals surface area contributed by atoms with E-state index in [1.807, 2.05) is 13.0 Å². The number of aryl methyl sites for hydroxylation is 2. The molecule has 1 fully saturated rings. The molecule has 5 heteroatoms. The Morgan fingerprint density at radius 3 is 2.95 bits per heavy atom. The number of rotatable bonds is 3. The highest BCUT2D eigenvalue weighted by Gasteiger charge is 2.13. The van der Waals surface area contributed by atoms with Crippen LogP contribution in [0.25, 0.3) is 5.65 Å². The van der Waals surface area contributed by atoms with Crippen LogP contribution in [0.3, 0.4) is 0 Å². The normalized spacial score (nSPS) is 17.1. The van der Waals surface area contributed by atoms with Crippen LogP contribution < -0.4 is 10.9 Å². The van der Waals surface area contributed by atoms with Gasteiger partial charge in [0.2, 0.25) is 0 Å². The van der Waals surface area contributed by atoms with E-state index in [4.69, 9.17) is 0 Å². The third-order valence-corrected chi connectivity index (χ3v) is 3.90. The Hall–Kier alpha value is -1.62. The molecule has 2 aromatic heterocycles. The molecule has 3 rings (SSSR count). The molecule has 2 aromatic rings. The lowest BCUT2D eigenvalue weighted by molar-refractivity contribution is 0.353. The summed E-state index contributed by atoms with van der Waals surface area (Å²) in [5.74, 6) is 0.773. The van der Waals surface area contributed by atoms with Crippen LogP contribution >= 0.6 is 0 Å². The van der Waals surface area contributed by atoms with Crippen LogP contribution in [0.1, 0.15) is 30.7 Å². The van der Waals surface area contributed by atoms with Gasteiger partial charge in [-0.15, -0.1) is 0 Å². The van der Waals surface area contributed by atoms with E-state index in [0.717, 1.165) is 48.9 Å². The minimum Gasteiger partial charge on any atom is -0.317 e. The number of piperidine rings is 1. The number of H-pyrrole nitrogens is 1. The smallest absolute Gasteiger partial charge is 0.272 e. The molecule has 1 aliphatic rings. The maximum absolute atomic E-state index is 11.9. The largest absolute Gasteiger partial charge is 0.317 e. The summed E-state index contributed by atoms with van der Waals surface area (Å²) in [6.45, 7) is 4.18. The molecule has 0 spiro atoms. The van der Waals surface area contributed by atoms with Gasteiger partial charge in [0.25, 0.3) is 5.56 Å².